The highest BCUT2D eigenvalue weighted by molar-refractivity contribution is 7.27. The van der Waals surface area contributed by atoms with Crippen LogP contribution in [-0.2, 0) is 42.9 Å². The topological polar surface area (TPSA) is 258 Å². The molecule has 3 atom stereocenters. The van der Waals surface area contributed by atoms with Gasteiger partial charge in [-0.2, -0.15) is 4.39 Å². The van der Waals surface area contributed by atoms with Crippen molar-refractivity contribution in [1.29, 1.82) is 0 Å². The third kappa shape index (κ3) is 22.2. The van der Waals surface area contributed by atoms with Crippen LogP contribution in [0.15, 0.2) is 0 Å². The van der Waals surface area contributed by atoms with Crippen molar-refractivity contribution in [3.63, 3.8) is 0 Å². The summed E-state index contributed by atoms with van der Waals surface area (Å²) in [6.45, 7) is 2.07. The zero-order valence-corrected chi connectivity index (χ0v) is 33.3. The van der Waals surface area contributed by atoms with Crippen LogP contribution in [0.1, 0.15) is 57.8 Å². The molecule has 3 unspecified atom stereocenters. The monoisotopic (exact) mass is 843 g/mol. The van der Waals surface area contributed by atoms with E-state index < -0.39 is 83.1 Å². The van der Waals surface area contributed by atoms with Crippen LogP contribution >= 0.6 is 9.24 Å². The molecule has 17 nitrogen and oxygen atoms in total. The molecule has 0 aliphatic heterocycles. The lowest BCUT2D eigenvalue weighted by molar-refractivity contribution is -0.136. The van der Waals surface area contributed by atoms with E-state index in [0.29, 0.717) is 64.6 Å². The molecule has 57 heavy (non-hydrogen) atoms. The normalized spacial score (nSPS) is 12.1. The van der Waals surface area contributed by atoms with Crippen LogP contribution in [0.5, 0.6) is 5.75 Å². The smallest absolute Gasteiger partial charge is 0.313 e. The Labute approximate surface area is 332 Å². The van der Waals surface area contributed by atoms with Crippen molar-refractivity contribution >= 4 is 44.1 Å². The van der Waals surface area contributed by atoms with Gasteiger partial charge in [-0.3, -0.25) is 24.0 Å². The molecule has 0 aliphatic rings. The molecule has 1 aromatic carbocycles. The number of benzene rings is 1. The number of nitrogens with two attached hydrogens (primary N) is 3. The maximum atomic E-state index is 14.0. The number of carbonyl (C=O) groups is 5. The maximum absolute atomic E-state index is 14.0. The molecule has 1 aromatic rings. The van der Waals surface area contributed by atoms with Crippen molar-refractivity contribution < 1.29 is 65.2 Å². The van der Waals surface area contributed by atoms with Gasteiger partial charge in [-0.05, 0) is 64.6 Å². The first-order chi connectivity index (χ1) is 27.4. The van der Waals surface area contributed by atoms with E-state index in [0.717, 1.165) is 0 Å². The fraction of sp³-hybridized carbons (Fsp3) is 0.686. The maximum Gasteiger partial charge on any atom is 0.313 e. The van der Waals surface area contributed by atoms with Crippen molar-refractivity contribution in [3.8, 4) is 5.75 Å². The van der Waals surface area contributed by atoms with Crippen molar-refractivity contribution in [2.75, 3.05) is 85.6 Å². The van der Waals surface area contributed by atoms with E-state index in [1.54, 1.807) is 9.24 Å². The number of nitrogens with one attached hydrogen (secondary N) is 4. The highest BCUT2D eigenvalue weighted by Crippen LogP contribution is 2.26. The molecule has 0 radical (unpaired) electrons. The fourth-order valence-electron chi connectivity index (χ4n) is 4.76. The van der Waals surface area contributed by atoms with Crippen molar-refractivity contribution in [2.24, 2.45) is 17.2 Å². The number of amides is 4. The molecule has 0 saturated heterocycles. The third-order valence-electron chi connectivity index (χ3n) is 7.81. The van der Waals surface area contributed by atoms with Crippen LogP contribution in [0.25, 0.3) is 0 Å². The minimum absolute atomic E-state index is 0.0768. The number of halogens is 4. The van der Waals surface area contributed by atoms with Gasteiger partial charge in [0, 0.05) is 18.3 Å². The van der Waals surface area contributed by atoms with E-state index >= 15 is 0 Å². The standard InChI is InChI=1S/C35H58F4N7O10P/c36-28-29(37)32(31(39)33(57)30(28)38)56-27(49)9-14-52-16-18-54-20-21-55-19-17-53-15-13-43-34(50)23(6-1-3-10-40)46-26(48)22-44-35(51)24(7-2-4-11-41)45-25(47)8-5-12-42/h23-24H,1-22,40-42,57H2,(H,43,50)(H,44,51)(H,45,47)(H,46,48). The Hall–Kier alpha value is -3.56. The highest BCUT2D eigenvalue weighted by atomic mass is 31.0. The second kappa shape index (κ2) is 31.4. The lowest BCUT2D eigenvalue weighted by atomic mass is 10.1. The van der Waals surface area contributed by atoms with Crippen LogP contribution < -0.4 is 48.5 Å². The Morgan fingerprint density at radius 2 is 1.05 bits per heavy atom. The molecule has 326 valence electrons. The lowest BCUT2D eigenvalue weighted by Gasteiger charge is -2.20. The molecule has 1 rings (SSSR count). The minimum Gasteiger partial charge on any atom is -0.420 e. The number of hydrogen-bond donors (Lipinski definition) is 7. The van der Waals surface area contributed by atoms with E-state index in [9.17, 15) is 41.5 Å². The SMILES string of the molecule is NCCCCC(NC(=O)CCCN)C(=O)NCC(=O)NC(CCCCN)C(=O)NCCOCCOCCOCCOCCC(=O)Oc1c(F)c(F)c(F)c(P)c1F. The van der Waals surface area contributed by atoms with Gasteiger partial charge in [0.15, 0.2) is 17.5 Å². The number of rotatable bonds is 33. The van der Waals surface area contributed by atoms with Crippen molar-refractivity contribution in [1.82, 2.24) is 21.3 Å². The fourth-order valence-corrected chi connectivity index (χ4v) is 5.02. The van der Waals surface area contributed by atoms with E-state index in [2.05, 4.69) is 26.0 Å². The van der Waals surface area contributed by atoms with Crippen molar-refractivity contribution in [3.05, 3.63) is 23.3 Å². The van der Waals surface area contributed by atoms with E-state index in [-0.39, 0.29) is 71.7 Å². The molecule has 22 heteroatoms. The molecular weight excluding hydrogens is 785 g/mol. The zero-order valence-electron chi connectivity index (χ0n) is 32.1. The van der Waals surface area contributed by atoms with Gasteiger partial charge in [-0.25, -0.2) is 13.2 Å². The number of hydrogen-bond acceptors (Lipinski definition) is 13. The number of carbonyl (C=O) groups excluding carboxylic acids is 5. The van der Waals surface area contributed by atoms with E-state index in [1.165, 1.54) is 0 Å². The minimum atomic E-state index is -1.97. The summed E-state index contributed by atoms with van der Waals surface area (Å²) in [5, 5.41) is 9.66. The lowest BCUT2D eigenvalue weighted by Crippen LogP contribution is -2.52. The number of ether oxygens (including phenoxy) is 5. The number of esters is 1. The average molecular weight is 844 g/mol. The second-order valence-corrected chi connectivity index (χ2v) is 13.0. The summed E-state index contributed by atoms with van der Waals surface area (Å²) in [4.78, 5) is 62.4. The first kappa shape index (κ1) is 51.5. The Morgan fingerprint density at radius 3 is 1.60 bits per heavy atom. The summed E-state index contributed by atoms with van der Waals surface area (Å²) in [6, 6.07) is -1.71. The Bertz CT molecular complexity index is 1360. The predicted molar refractivity (Wildman–Crippen MR) is 203 cm³/mol. The van der Waals surface area contributed by atoms with Crippen LogP contribution in [0.3, 0.4) is 0 Å². The third-order valence-corrected chi connectivity index (χ3v) is 8.32. The molecule has 0 heterocycles. The van der Waals surface area contributed by atoms with Gasteiger partial charge in [-0.15, -0.1) is 0 Å². The summed E-state index contributed by atoms with van der Waals surface area (Å²) >= 11 is 0. The molecule has 0 aliphatic carbocycles. The summed E-state index contributed by atoms with van der Waals surface area (Å²) < 4.78 is 80.4. The van der Waals surface area contributed by atoms with Gasteiger partial charge in [0.05, 0.1) is 65.8 Å². The van der Waals surface area contributed by atoms with Crippen LogP contribution in [0.4, 0.5) is 17.6 Å². The van der Waals surface area contributed by atoms with Gasteiger partial charge in [0.25, 0.3) is 0 Å². The Kier molecular flexibility index (Phi) is 28.4. The Morgan fingerprint density at radius 1 is 0.561 bits per heavy atom. The second-order valence-electron chi connectivity index (χ2n) is 12.4. The molecule has 4 amide bonds. The molecule has 0 aromatic heterocycles. The molecule has 0 bridgehead atoms. The van der Waals surface area contributed by atoms with E-state index in [4.69, 9.17) is 36.1 Å². The first-order valence-electron chi connectivity index (χ1n) is 18.7. The highest BCUT2D eigenvalue weighted by Gasteiger charge is 2.27. The van der Waals surface area contributed by atoms with Crippen molar-refractivity contribution in [2.45, 2.75) is 69.9 Å². The summed E-state index contributed by atoms with van der Waals surface area (Å²) in [7, 11) is 1.56. The van der Waals surface area contributed by atoms with E-state index in [1.807, 2.05) is 0 Å². The number of unbranched alkanes of at least 4 members (excludes halogenated alkanes) is 2. The quantitative estimate of drug-likeness (QED) is 0.00881. The predicted octanol–water partition coefficient (Wildman–Crippen LogP) is -0.696. The summed E-state index contributed by atoms with van der Waals surface area (Å²) in [6.07, 6.45) is 3.39. The first-order valence-corrected chi connectivity index (χ1v) is 19.3. The molecule has 10 N–H and O–H groups in total. The summed E-state index contributed by atoms with van der Waals surface area (Å²) in [5.74, 6) is -11.5. The van der Waals surface area contributed by atoms with Gasteiger partial charge in [-0.1, -0.05) is 9.24 Å². The Balaban J connectivity index is 2.25. The summed E-state index contributed by atoms with van der Waals surface area (Å²) in [5.41, 5.74) is 16.6. The van der Waals surface area contributed by atoms with Crippen LogP contribution in [-0.4, -0.2) is 127 Å². The van der Waals surface area contributed by atoms with Crippen LogP contribution in [0, 0.1) is 23.3 Å². The van der Waals surface area contributed by atoms with Gasteiger partial charge < -0.3 is 62.2 Å². The molecular formula is C35H58F4N7O10P. The van der Waals surface area contributed by atoms with Gasteiger partial charge in [0.2, 0.25) is 35.2 Å². The average Bonchev–Trinajstić information content (AvgIpc) is 3.19. The largest absolute Gasteiger partial charge is 0.420 e. The molecule has 0 spiro atoms. The molecule has 0 fully saturated rings. The van der Waals surface area contributed by atoms with Gasteiger partial charge >= 0.3 is 5.97 Å². The van der Waals surface area contributed by atoms with Crippen LogP contribution in [0.2, 0.25) is 0 Å². The zero-order chi connectivity index (χ0) is 42.4. The van der Waals surface area contributed by atoms with Gasteiger partial charge in [0.1, 0.15) is 12.1 Å². The molecule has 0 saturated carbocycles.